The third-order valence-electron chi connectivity index (χ3n) is 4.26. The van der Waals surface area contributed by atoms with Gasteiger partial charge in [0.2, 0.25) is 0 Å². The van der Waals surface area contributed by atoms with Gasteiger partial charge in [-0.1, -0.05) is 63.3 Å². The van der Waals surface area contributed by atoms with Gasteiger partial charge in [-0.25, -0.2) is 0 Å². The van der Waals surface area contributed by atoms with Crippen LogP contribution in [-0.2, 0) is 6.42 Å². The van der Waals surface area contributed by atoms with Crippen molar-refractivity contribution in [2.24, 2.45) is 0 Å². The van der Waals surface area contributed by atoms with E-state index in [9.17, 15) is 0 Å². The van der Waals surface area contributed by atoms with Crippen molar-refractivity contribution < 1.29 is 9.47 Å². The summed E-state index contributed by atoms with van der Waals surface area (Å²) in [6.07, 6.45) is 8.71. The highest BCUT2D eigenvalue weighted by Crippen LogP contribution is 2.18. The standard InChI is InChI=1S/C22H30O2/c1-3-4-5-6-7-8-17-24-22-15-11-20(12-16-22)18-19-9-13-21(23-2)14-10-19/h9-16H,3-8,17-18H2,1-2H3. The fourth-order valence-electron chi connectivity index (χ4n) is 2.76. The van der Waals surface area contributed by atoms with E-state index in [1.807, 2.05) is 12.1 Å². The van der Waals surface area contributed by atoms with Crippen LogP contribution < -0.4 is 9.47 Å². The highest BCUT2D eigenvalue weighted by molar-refractivity contribution is 5.33. The lowest BCUT2D eigenvalue weighted by Crippen LogP contribution is -1.97. The Balaban J connectivity index is 1.70. The summed E-state index contributed by atoms with van der Waals surface area (Å²) in [5, 5.41) is 0. The Morgan fingerprint density at radius 2 is 1.21 bits per heavy atom. The maximum absolute atomic E-state index is 5.83. The van der Waals surface area contributed by atoms with Gasteiger partial charge in [0.1, 0.15) is 11.5 Å². The summed E-state index contributed by atoms with van der Waals surface area (Å²) >= 11 is 0. The number of methoxy groups -OCH3 is 1. The van der Waals surface area contributed by atoms with Gasteiger partial charge >= 0.3 is 0 Å². The molecule has 0 aliphatic rings. The van der Waals surface area contributed by atoms with Crippen molar-refractivity contribution in [3.05, 3.63) is 59.7 Å². The quantitative estimate of drug-likeness (QED) is 0.470. The van der Waals surface area contributed by atoms with E-state index in [1.165, 1.54) is 43.2 Å². The molecule has 0 saturated heterocycles. The number of unbranched alkanes of at least 4 members (excludes halogenated alkanes) is 5. The molecule has 0 radical (unpaired) electrons. The van der Waals surface area contributed by atoms with Crippen LogP contribution in [0.3, 0.4) is 0 Å². The molecule has 0 fully saturated rings. The summed E-state index contributed by atoms with van der Waals surface area (Å²) in [6.45, 7) is 3.07. The lowest BCUT2D eigenvalue weighted by molar-refractivity contribution is 0.304. The van der Waals surface area contributed by atoms with E-state index in [1.54, 1.807) is 7.11 Å². The fourth-order valence-corrected chi connectivity index (χ4v) is 2.76. The Morgan fingerprint density at radius 1 is 0.667 bits per heavy atom. The summed E-state index contributed by atoms with van der Waals surface area (Å²) in [7, 11) is 1.69. The SMILES string of the molecule is CCCCCCCCOc1ccc(Cc2ccc(OC)cc2)cc1. The monoisotopic (exact) mass is 326 g/mol. The molecule has 2 aromatic carbocycles. The molecule has 0 unspecified atom stereocenters. The predicted molar refractivity (Wildman–Crippen MR) is 101 cm³/mol. The van der Waals surface area contributed by atoms with Crippen molar-refractivity contribution in [1.29, 1.82) is 0 Å². The second kappa shape index (κ2) is 10.7. The molecule has 0 atom stereocenters. The summed E-state index contributed by atoms with van der Waals surface area (Å²) in [4.78, 5) is 0. The van der Waals surface area contributed by atoms with Crippen LogP contribution >= 0.6 is 0 Å². The smallest absolute Gasteiger partial charge is 0.119 e. The normalized spacial score (nSPS) is 10.6. The van der Waals surface area contributed by atoms with Crippen molar-refractivity contribution in [1.82, 2.24) is 0 Å². The molecular weight excluding hydrogens is 296 g/mol. The Morgan fingerprint density at radius 3 is 1.79 bits per heavy atom. The Bertz CT molecular complexity index is 558. The van der Waals surface area contributed by atoms with Crippen LogP contribution in [0.4, 0.5) is 0 Å². The van der Waals surface area contributed by atoms with Crippen LogP contribution in [0.1, 0.15) is 56.6 Å². The van der Waals surface area contributed by atoms with Crippen molar-refractivity contribution >= 4 is 0 Å². The van der Waals surface area contributed by atoms with Gasteiger partial charge < -0.3 is 9.47 Å². The molecule has 0 N–H and O–H groups in total. The Labute approximate surface area is 146 Å². The zero-order valence-electron chi connectivity index (χ0n) is 15.1. The van der Waals surface area contributed by atoms with E-state index in [0.717, 1.165) is 30.9 Å². The maximum Gasteiger partial charge on any atom is 0.119 e. The summed E-state index contributed by atoms with van der Waals surface area (Å²) in [5.41, 5.74) is 2.59. The fraction of sp³-hybridized carbons (Fsp3) is 0.455. The van der Waals surface area contributed by atoms with Gasteiger partial charge in [0, 0.05) is 0 Å². The number of benzene rings is 2. The molecule has 0 bridgehead atoms. The van der Waals surface area contributed by atoms with E-state index in [4.69, 9.17) is 9.47 Å². The first-order valence-corrected chi connectivity index (χ1v) is 9.16. The number of hydrogen-bond donors (Lipinski definition) is 0. The molecule has 0 heterocycles. The van der Waals surface area contributed by atoms with Crippen molar-refractivity contribution in [3.8, 4) is 11.5 Å². The van der Waals surface area contributed by atoms with Crippen molar-refractivity contribution in [2.75, 3.05) is 13.7 Å². The second-order valence-corrected chi connectivity index (χ2v) is 6.29. The molecule has 2 nitrogen and oxygen atoms in total. The molecule has 0 aliphatic carbocycles. The Hall–Kier alpha value is -1.96. The van der Waals surface area contributed by atoms with Gasteiger partial charge in [0.05, 0.1) is 13.7 Å². The minimum absolute atomic E-state index is 0.823. The average molecular weight is 326 g/mol. The molecule has 0 aliphatic heterocycles. The lowest BCUT2D eigenvalue weighted by Gasteiger charge is -2.08. The number of rotatable bonds is 11. The van der Waals surface area contributed by atoms with Gasteiger partial charge in [0.15, 0.2) is 0 Å². The van der Waals surface area contributed by atoms with Crippen molar-refractivity contribution in [3.63, 3.8) is 0 Å². The van der Waals surface area contributed by atoms with E-state index in [2.05, 4.69) is 43.3 Å². The molecule has 2 rings (SSSR count). The van der Waals surface area contributed by atoms with E-state index in [-0.39, 0.29) is 0 Å². The topological polar surface area (TPSA) is 18.5 Å². The van der Waals surface area contributed by atoms with Crippen LogP contribution in [0, 0.1) is 0 Å². The largest absolute Gasteiger partial charge is 0.497 e. The molecule has 0 saturated carbocycles. The van der Waals surface area contributed by atoms with E-state index < -0.39 is 0 Å². The first-order valence-electron chi connectivity index (χ1n) is 9.16. The van der Waals surface area contributed by atoms with Crippen LogP contribution in [-0.4, -0.2) is 13.7 Å². The van der Waals surface area contributed by atoms with Gasteiger partial charge in [-0.15, -0.1) is 0 Å². The molecule has 0 aromatic heterocycles. The van der Waals surface area contributed by atoms with Crippen molar-refractivity contribution in [2.45, 2.75) is 51.9 Å². The number of ether oxygens (including phenoxy) is 2. The number of hydrogen-bond acceptors (Lipinski definition) is 2. The molecule has 2 aromatic rings. The van der Waals surface area contributed by atoms with E-state index >= 15 is 0 Å². The molecule has 130 valence electrons. The van der Waals surface area contributed by atoms with Crippen LogP contribution in [0.25, 0.3) is 0 Å². The van der Waals surface area contributed by atoms with Gasteiger partial charge in [0.25, 0.3) is 0 Å². The predicted octanol–water partition coefficient (Wildman–Crippen LogP) is 6.03. The van der Waals surface area contributed by atoms with Gasteiger partial charge in [-0.2, -0.15) is 0 Å². The summed E-state index contributed by atoms with van der Waals surface area (Å²) in [5.74, 6) is 1.87. The first kappa shape index (κ1) is 18.4. The molecule has 0 spiro atoms. The maximum atomic E-state index is 5.83. The Kier molecular flexibility index (Phi) is 8.23. The average Bonchev–Trinajstić information content (AvgIpc) is 2.63. The second-order valence-electron chi connectivity index (χ2n) is 6.29. The van der Waals surface area contributed by atoms with Crippen LogP contribution in [0.2, 0.25) is 0 Å². The zero-order valence-corrected chi connectivity index (χ0v) is 15.1. The van der Waals surface area contributed by atoms with Crippen LogP contribution in [0.5, 0.6) is 11.5 Å². The van der Waals surface area contributed by atoms with Crippen LogP contribution in [0.15, 0.2) is 48.5 Å². The molecule has 2 heteroatoms. The summed E-state index contributed by atoms with van der Waals surface area (Å²) in [6, 6.07) is 16.7. The highest BCUT2D eigenvalue weighted by Gasteiger charge is 1.99. The zero-order chi connectivity index (χ0) is 17.0. The van der Waals surface area contributed by atoms with E-state index in [0.29, 0.717) is 0 Å². The first-order chi connectivity index (χ1) is 11.8. The highest BCUT2D eigenvalue weighted by atomic mass is 16.5. The molecular formula is C22H30O2. The minimum atomic E-state index is 0.823. The minimum Gasteiger partial charge on any atom is -0.497 e. The summed E-state index contributed by atoms with van der Waals surface area (Å²) < 4.78 is 11.0. The molecule has 24 heavy (non-hydrogen) atoms. The van der Waals surface area contributed by atoms with Gasteiger partial charge in [-0.3, -0.25) is 0 Å². The molecule has 0 amide bonds. The third kappa shape index (κ3) is 6.66. The lowest BCUT2D eigenvalue weighted by atomic mass is 10.0. The van der Waals surface area contributed by atoms with Gasteiger partial charge in [-0.05, 0) is 48.2 Å². The third-order valence-corrected chi connectivity index (χ3v) is 4.26.